The van der Waals surface area contributed by atoms with E-state index >= 15 is 0 Å². The van der Waals surface area contributed by atoms with E-state index in [-0.39, 0.29) is 5.91 Å². The minimum atomic E-state index is -0.0259. The van der Waals surface area contributed by atoms with E-state index < -0.39 is 0 Å². The zero-order valence-electron chi connectivity index (χ0n) is 13.4. The summed E-state index contributed by atoms with van der Waals surface area (Å²) >= 11 is 1.57. The lowest BCUT2D eigenvalue weighted by atomic mass is 10.2. The highest BCUT2D eigenvalue weighted by Gasteiger charge is 2.20. The number of pyridine rings is 1. The predicted molar refractivity (Wildman–Crippen MR) is 94.7 cm³/mol. The van der Waals surface area contributed by atoms with Crippen molar-refractivity contribution in [3.05, 3.63) is 84.1 Å². The Morgan fingerprint density at radius 2 is 1.92 bits per heavy atom. The molecule has 2 aromatic heterocycles. The minimum Gasteiger partial charge on any atom is -0.467 e. The number of carbonyl (C=O) groups is 1. The Morgan fingerprint density at radius 1 is 1.08 bits per heavy atom. The molecule has 0 spiro atoms. The quantitative estimate of drug-likeness (QED) is 0.631. The highest BCUT2D eigenvalue weighted by Crippen LogP contribution is 2.23. The van der Waals surface area contributed by atoms with E-state index in [4.69, 9.17) is 4.42 Å². The molecule has 0 atom stereocenters. The van der Waals surface area contributed by atoms with Gasteiger partial charge in [0.15, 0.2) is 0 Å². The third kappa shape index (κ3) is 3.86. The van der Waals surface area contributed by atoms with Crippen LogP contribution in [0.25, 0.3) is 0 Å². The molecular weight excluding hydrogens is 320 g/mol. The molecule has 0 bridgehead atoms. The zero-order chi connectivity index (χ0) is 16.8. The Labute approximate surface area is 145 Å². The van der Waals surface area contributed by atoms with Crippen LogP contribution in [0, 0.1) is 0 Å². The van der Waals surface area contributed by atoms with Gasteiger partial charge in [0.2, 0.25) is 0 Å². The van der Waals surface area contributed by atoms with E-state index in [2.05, 4.69) is 4.98 Å². The van der Waals surface area contributed by atoms with Crippen LogP contribution in [0.2, 0.25) is 0 Å². The highest BCUT2D eigenvalue weighted by molar-refractivity contribution is 7.98. The summed E-state index contributed by atoms with van der Waals surface area (Å²) in [7, 11) is 0. The molecule has 5 heteroatoms. The van der Waals surface area contributed by atoms with Crippen LogP contribution in [0.5, 0.6) is 0 Å². The van der Waals surface area contributed by atoms with E-state index in [0.717, 1.165) is 16.3 Å². The van der Waals surface area contributed by atoms with Crippen molar-refractivity contribution < 1.29 is 9.21 Å². The van der Waals surface area contributed by atoms with Crippen molar-refractivity contribution in [2.75, 3.05) is 6.26 Å². The summed E-state index contributed by atoms with van der Waals surface area (Å²) in [5.74, 6) is 0.725. The van der Waals surface area contributed by atoms with E-state index in [1.54, 1.807) is 29.1 Å². The van der Waals surface area contributed by atoms with Crippen molar-refractivity contribution in [2.45, 2.75) is 18.0 Å². The lowest BCUT2D eigenvalue weighted by Gasteiger charge is -2.22. The van der Waals surface area contributed by atoms with Gasteiger partial charge in [-0.25, -0.2) is 0 Å². The van der Waals surface area contributed by atoms with Crippen LogP contribution in [0.3, 0.4) is 0 Å². The van der Waals surface area contributed by atoms with Crippen LogP contribution in [0.1, 0.15) is 21.8 Å². The second-order valence-corrected chi connectivity index (χ2v) is 6.11. The van der Waals surface area contributed by atoms with Crippen LogP contribution in [0.15, 0.2) is 76.4 Å². The van der Waals surface area contributed by atoms with Gasteiger partial charge in [-0.15, -0.1) is 11.8 Å². The number of hydrogen-bond acceptors (Lipinski definition) is 4. The number of aromatic nitrogens is 1. The Hall–Kier alpha value is -2.53. The van der Waals surface area contributed by atoms with Gasteiger partial charge in [0, 0.05) is 11.1 Å². The Morgan fingerprint density at radius 3 is 2.62 bits per heavy atom. The molecule has 24 heavy (non-hydrogen) atoms. The second kappa shape index (κ2) is 7.84. The van der Waals surface area contributed by atoms with Crippen LogP contribution in [0.4, 0.5) is 0 Å². The summed E-state index contributed by atoms with van der Waals surface area (Å²) in [4.78, 5) is 20.2. The topological polar surface area (TPSA) is 46.3 Å². The molecule has 0 unspecified atom stereocenters. The van der Waals surface area contributed by atoms with Crippen LogP contribution >= 0.6 is 11.8 Å². The summed E-state index contributed by atoms with van der Waals surface area (Å²) in [6.45, 7) is 0.841. The zero-order valence-corrected chi connectivity index (χ0v) is 14.2. The SMILES string of the molecule is CSc1ccccc1C(=O)N(Cc1ccccn1)Cc1ccco1. The molecule has 0 N–H and O–H groups in total. The highest BCUT2D eigenvalue weighted by atomic mass is 32.2. The summed E-state index contributed by atoms with van der Waals surface area (Å²) in [6, 6.07) is 17.1. The van der Waals surface area contributed by atoms with Crippen molar-refractivity contribution in [1.82, 2.24) is 9.88 Å². The normalized spacial score (nSPS) is 10.5. The van der Waals surface area contributed by atoms with E-state index in [0.29, 0.717) is 18.7 Å². The minimum absolute atomic E-state index is 0.0259. The maximum Gasteiger partial charge on any atom is 0.255 e. The molecular formula is C19H18N2O2S. The van der Waals surface area contributed by atoms with Crippen molar-refractivity contribution >= 4 is 17.7 Å². The third-order valence-electron chi connectivity index (χ3n) is 3.63. The average Bonchev–Trinajstić information content (AvgIpc) is 3.14. The molecule has 0 saturated carbocycles. The lowest BCUT2D eigenvalue weighted by molar-refractivity contribution is 0.0712. The largest absolute Gasteiger partial charge is 0.467 e. The van der Waals surface area contributed by atoms with E-state index in [1.807, 2.05) is 60.9 Å². The van der Waals surface area contributed by atoms with Crippen molar-refractivity contribution in [3.63, 3.8) is 0 Å². The number of carbonyl (C=O) groups excluding carboxylic acids is 1. The maximum atomic E-state index is 13.1. The van der Waals surface area contributed by atoms with Gasteiger partial charge in [0.05, 0.1) is 30.6 Å². The fourth-order valence-electron chi connectivity index (χ4n) is 2.47. The van der Waals surface area contributed by atoms with Gasteiger partial charge >= 0.3 is 0 Å². The first-order valence-electron chi connectivity index (χ1n) is 7.62. The number of rotatable bonds is 6. The van der Waals surface area contributed by atoms with Crippen molar-refractivity contribution in [2.24, 2.45) is 0 Å². The summed E-state index contributed by atoms with van der Waals surface area (Å²) in [5.41, 5.74) is 1.55. The molecule has 4 nitrogen and oxygen atoms in total. The number of hydrogen-bond donors (Lipinski definition) is 0. The third-order valence-corrected chi connectivity index (χ3v) is 4.43. The molecule has 3 aromatic rings. The Bertz CT molecular complexity index is 788. The number of thioether (sulfide) groups is 1. The first kappa shape index (κ1) is 16.3. The smallest absolute Gasteiger partial charge is 0.255 e. The molecule has 0 saturated heterocycles. The van der Waals surface area contributed by atoms with Gasteiger partial charge in [0.25, 0.3) is 5.91 Å². The Kier molecular flexibility index (Phi) is 5.33. The summed E-state index contributed by atoms with van der Waals surface area (Å²) in [6.07, 6.45) is 5.33. The summed E-state index contributed by atoms with van der Waals surface area (Å²) < 4.78 is 5.42. The molecule has 1 amide bonds. The van der Waals surface area contributed by atoms with Gasteiger partial charge in [-0.1, -0.05) is 18.2 Å². The molecule has 0 fully saturated rings. The maximum absolute atomic E-state index is 13.1. The molecule has 0 aliphatic rings. The van der Waals surface area contributed by atoms with Crippen molar-refractivity contribution in [1.29, 1.82) is 0 Å². The number of nitrogens with zero attached hydrogens (tertiary/aromatic N) is 2. The predicted octanol–water partition coefficient (Wildman–Crippen LogP) is 4.24. The first-order chi connectivity index (χ1) is 11.8. The van der Waals surface area contributed by atoms with Gasteiger partial charge in [0.1, 0.15) is 5.76 Å². The standard InChI is InChI=1S/C19H18N2O2S/c1-24-18-10-3-2-9-17(18)19(22)21(14-16-8-6-12-23-16)13-15-7-4-5-11-20-15/h2-12H,13-14H2,1H3. The molecule has 3 rings (SSSR count). The average molecular weight is 338 g/mol. The van der Waals surface area contributed by atoms with Crippen LogP contribution in [-0.4, -0.2) is 22.0 Å². The summed E-state index contributed by atoms with van der Waals surface area (Å²) in [5, 5.41) is 0. The number of furan rings is 1. The molecule has 122 valence electrons. The van der Waals surface area contributed by atoms with Gasteiger partial charge in [-0.3, -0.25) is 9.78 Å². The van der Waals surface area contributed by atoms with Gasteiger partial charge < -0.3 is 9.32 Å². The van der Waals surface area contributed by atoms with Crippen LogP contribution < -0.4 is 0 Å². The van der Waals surface area contributed by atoms with Gasteiger partial charge in [-0.05, 0) is 42.7 Å². The number of amides is 1. The fourth-order valence-corrected chi connectivity index (χ4v) is 3.06. The first-order valence-corrected chi connectivity index (χ1v) is 8.85. The van der Waals surface area contributed by atoms with Crippen molar-refractivity contribution in [3.8, 4) is 0 Å². The molecule has 2 heterocycles. The van der Waals surface area contributed by atoms with Crippen LogP contribution in [-0.2, 0) is 13.1 Å². The Balaban J connectivity index is 1.89. The van der Waals surface area contributed by atoms with E-state index in [9.17, 15) is 4.79 Å². The monoisotopic (exact) mass is 338 g/mol. The number of benzene rings is 1. The molecule has 0 aliphatic heterocycles. The van der Waals surface area contributed by atoms with Gasteiger partial charge in [-0.2, -0.15) is 0 Å². The molecule has 0 aliphatic carbocycles. The lowest BCUT2D eigenvalue weighted by Crippen LogP contribution is -2.30. The molecule has 0 radical (unpaired) electrons. The molecule has 1 aromatic carbocycles. The van der Waals surface area contributed by atoms with E-state index in [1.165, 1.54) is 0 Å². The second-order valence-electron chi connectivity index (χ2n) is 5.26. The fraction of sp³-hybridized carbons (Fsp3) is 0.158.